The first kappa shape index (κ1) is 25.2. The van der Waals surface area contributed by atoms with Crippen molar-refractivity contribution in [2.75, 3.05) is 7.11 Å². The Morgan fingerprint density at radius 2 is 1.91 bits per heavy atom. The lowest BCUT2D eigenvalue weighted by molar-refractivity contribution is -0.159. The zero-order valence-electron chi connectivity index (χ0n) is 20.8. The standard InChI is InChI=1S/C25H34O8/c1-13(12-23(6)22-25(8,33-22)16(4)32-23)10-14(2)20(30-17(5)26)24(7,28)21-15(3)18(29-9)11-19(27)31-21/h10-12,16,20,22,28H,1-9H3. The van der Waals surface area contributed by atoms with E-state index >= 15 is 0 Å². The number of methoxy groups -OCH3 is 1. The van der Waals surface area contributed by atoms with E-state index in [1.54, 1.807) is 13.8 Å². The monoisotopic (exact) mass is 462 g/mol. The molecule has 2 fully saturated rings. The fourth-order valence-electron chi connectivity index (χ4n) is 4.98. The van der Waals surface area contributed by atoms with Gasteiger partial charge in [-0.05, 0) is 60.1 Å². The highest BCUT2D eigenvalue weighted by atomic mass is 16.7. The van der Waals surface area contributed by atoms with E-state index in [1.165, 1.54) is 27.0 Å². The van der Waals surface area contributed by atoms with Crippen LogP contribution >= 0.6 is 0 Å². The molecule has 6 unspecified atom stereocenters. The molecular weight excluding hydrogens is 428 g/mol. The van der Waals surface area contributed by atoms with Crippen molar-refractivity contribution < 1.29 is 33.3 Å². The maximum Gasteiger partial charge on any atom is 0.339 e. The van der Waals surface area contributed by atoms with Gasteiger partial charge < -0.3 is 28.5 Å². The Bertz CT molecular complexity index is 1060. The molecule has 6 atom stereocenters. The average molecular weight is 463 g/mol. The van der Waals surface area contributed by atoms with Gasteiger partial charge in [-0.25, -0.2) is 4.79 Å². The first-order valence-electron chi connectivity index (χ1n) is 11.0. The molecule has 0 aliphatic carbocycles. The highest BCUT2D eigenvalue weighted by molar-refractivity contribution is 5.66. The van der Waals surface area contributed by atoms with E-state index in [2.05, 4.69) is 0 Å². The van der Waals surface area contributed by atoms with Crippen molar-refractivity contribution >= 4 is 5.97 Å². The van der Waals surface area contributed by atoms with Gasteiger partial charge in [0.2, 0.25) is 0 Å². The van der Waals surface area contributed by atoms with Gasteiger partial charge in [0.15, 0.2) is 11.7 Å². The lowest BCUT2D eigenvalue weighted by Gasteiger charge is -2.33. The molecule has 0 aromatic carbocycles. The summed E-state index contributed by atoms with van der Waals surface area (Å²) in [6.45, 7) is 14.0. The van der Waals surface area contributed by atoms with Crippen molar-refractivity contribution in [3.05, 3.63) is 51.1 Å². The van der Waals surface area contributed by atoms with E-state index < -0.39 is 28.9 Å². The first-order valence-corrected chi connectivity index (χ1v) is 11.0. The van der Waals surface area contributed by atoms with Crippen molar-refractivity contribution in [3.63, 3.8) is 0 Å². The third-order valence-electron chi connectivity index (χ3n) is 6.61. The molecular formula is C25H34O8. The normalized spacial score (nSPS) is 32.1. The van der Waals surface area contributed by atoms with Gasteiger partial charge in [0, 0.05) is 12.5 Å². The topological polar surface area (TPSA) is 108 Å². The molecule has 2 saturated heterocycles. The van der Waals surface area contributed by atoms with E-state index in [4.69, 9.17) is 23.4 Å². The van der Waals surface area contributed by atoms with Crippen LogP contribution < -0.4 is 10.4 Å². The minimum Gasteiger partial charge on any atom is -0.496 e. The summed E-state index contributed by atoms with van der Waals surface area (Å²) in [5.41, 5.74) is -1.56. The van der Waals surface area contributed by atoms with Crippen LogP contribution in [-0.4, -0.2) is 47.7 Å². The highest BCUT2D eigenvalue weighted by Gasteiger charge is 2.71. The van der Waals surface area contributed by atoms with Gasteiger partial charge in [-0.1, -0.05) is 11.6 Å². The van der Waals surface area contributed by atoms with E-state index in [0.29, 0.717) is 11.1 Å². The molecule has 3 rings (SSSR count). The molecule has 1 aromatic rings. The molecule has 8 heteroatoms. The Hall–Kier alpha value is -2.42. The third-order valence-corrected chi connectivity index (χ3v) is 6.61. The summed E-state index contributed by atoms with van der Waals surface area (Å²) < 4.78 is 28.1. The summed E-state index contributed by atoms with van der Waals surface area (Å²) in [7, 11) is 1.42. The van der Waals surface area contributed by atoms with Crippen molar-refractivity contribution in [1.82, 2.24) is 0 Å². The van der Waals surface area contributed by atoms with Crippen molar-refractivity contribution in [1.29, 1.82) is 0 Å². The predicted octanol–water partition coefficient (Wildman–Crippen LogP) is 3.32. The van der Waals surface area contributed by atoms with Gasteiger partial charge in [-0.15, -0.1) is 0 Å². The van der Waals surface area contributed by atoms with Gasteiger partial charge in [-0.3, -0.25) is 4.79 Å². The summed E-state index contributed by atoms with van der Waals surface area (Å²) in [4.78, 5) is 24.0. The molecule has 2 aliphatic heterocycles. The molecule has 3 heterocycles. The zero-order chi connectivity index (χ0) is 24.9. The minimum atomic E-state index is -1.84. The van der Waals surface area contributed by atoms with Crippen LogP contribution in [-0.2, 0) is 24.6 Å². The fraction of sp³-hybridized carbons (Fsp3) is 0.600. The van der Waals surface area contributed by atoms with Gasteiger partial charge in [0.05, 0.1) is 19.3 Å². The summed E-state index contributed by atoms with van der Waals surface area (Å²) in [6, 6.07) is 1.20. The van der Waals surface area contributed by atoms with Crippen LogP contribution in [0, 0.1) is 6.92 Å². The smallest absolute Gasteiger partial charge is 0.339 e. The summed E-state index contributed by atoms with van der Waals surface area (Å²) >= 11 is 0. The molecule has 0 saturated carbocycles. The number of carbonyl (C=O) groups is 1. The third kappa shape index (κ3) is 4.52. The predicted molar refractivity (Wildman–Crippen MR) is 121 cm³/mol. The molecule has 2 aliphatic rings. The summed E-state index contributed by atoms with van der Waals surface area (Å²) in [5.74, 6) is -0.345. The fourth-order valence-corrected chi connectivity index (χ4v) is 4.98. The number of allylic oxidation sites excluding steroid dienone is 2. The summed E-state index contributed by atoms with van der Waals surface area (Å²) in [6.07, 6.45) is 2.60. The molecule has 0 amide bonds. The van der Waals surface area contributed by atoms with Crippen molar-refractivity contribution in [2.45, 2.75) is 90.5 Å². The second-order valence-electron chi connectivity index (χ2n) is 9.63. The van der Waals surface area contributed by atoms with E-state index in [-0.39, 0.29) is 29.3 Å². The number of fused-ring (bicyclic) bond motifs is 1. The number of epoxide rings is 1. The molecule has 33 heavy (non-hydrogen) atoms. The molecule has 0 bridgehead atoms. The van der Waals surface area contributed by atoms with Crippen molar-refractivity contribution in [2.24, 2.45) is 0 Å². The number of carbonyl (C=O) groups excluding carboxylic acids is 1. The zero-order valence-corrected chi connectivity index (χ0v) is 20.8. The number of esters is 1. The highest BCUT2D eigenvalue weighted by Crippen LogP contribution is 2.55. The maximum atomic E-state index is 12.1. The van der Waals surface area contributed by atoms with E-state index in [1.807, 2.05) is 39.8 Å². The Morgan fingerprint density at radius 1 is 1.27 bits per heavy atom. The van der Waals surface area contributed by atoms with Crippen LogP contribution in [0.3, 0.4) is 0 Å². The largest absolute Gasteiger partial charge is 0.496 e. The van der Waals surface area contributed by atoms with Crippen LogP contribution in [0.25, 0.3) is 0 Å². The quantitative estimate of drug-likeness (QED) is 0.374. The van der Waals surface area contributed by atoms with Crippen LogP contribution in [0.15, 0.2) is 38.6 Å². The number of hydrogen-bond donors (Lipinski definition) is 1. The van der Waals surface area contributed by atoms with Crippen molar-refractivity contribution in [3.8, 4) is 5.75 Å². The Balaban J connectivity index is 1.99. The second kappa shape index (κ2) is 8.42. The van der Waals surface area contributed by atoms with Crippen LogP contribution in [0.4, 0.5) is 0 Å². The Morgan fingerprint density at radius 3 is 2.39 bits per heavy atom. The van der Waals surface area contributed by atoms with E-state index in [9.17, 15) is 14.7 Å². The minimum absolute atomic E-state index is 0.0323. The van der Waals surface area contributed by atoms with Gasteiger partial charge in [0.25, 0.3) is 0 Å². The molecule has 1 aromatic heterocycles. The number of hydrogen-bond acceptors (Lipinski definition) is 8. The first-order chi connectivity index (χ1) is 15.2. The molecule has 0 radical (unpaired) electrons. The van der Waals surface area contributed by atoms with Gasteiger partial charge in [-0.2, -0.15) is 0 Å². The lowest BCUT2D eigenvalue weighted by Crippen LogP contribution is -2.41. The molecule has 182 valence electrons. The van der Waals surface area contributed by atoms with Crippen LogP contribution in [0.2, 0.25) is 0 Å². The Labute approximate surface area is 194 Å². The average Bonchev–Trinajstić information content (AvgIpc) is 3.36. The molecule has 1 N–H and O–H groups in total. The number of rotatable bonds is 7. The van der Waals surface area contributed by atoms with Crippen LogP contribution in [0.5, 0.6) is 5.75 Å². The maximum absolute atomic E-state index is 12.1. The number of aliphatic hydroxyl groups is 1. The van der Waals surface area contributed by atoms with Crippen LogP contribution in [0.1, 0.15) is 59.8 Å². The Kier molecular flexibility index (Phi) is 6.43. The van der Waals surface area contributed by atoms with E-state index in [0.717, 1.165) is 5.57 Å². The van der Waals surface area contributed by atoms with Gasteiger partial charge >= 0.3 is 11.6 Å². The number of ether oxygens (including phenoxy) is 4. The summed E-state index contributed by atoms with van der Waals surface area (Å²) in [5, 5.41) is 11.5. The second-order valence-corrected chi connectivity index (χ2v) is 9.63. The molecule has 8 nitrogen and oxygen atoms in total. The SMILES string of the molecule is COc1cc(=O)oc(C(C)(O)C(OC(C)=O)C(C)=CC(C)=CC2(C)OC(C)C3(C)OC23)c1C. The van der Waals surface area contributed by atoms with Gasteiger partial charge in [0.1, 0.15) is 28.8 Å². The lowest BCUT2D eigenvalue weighted by atomic mass is 9.87. The molecule has 0 spiro atoms.